The molecule has 2 aliphatic heterocycles. The monoisotopic (exact) mass is 410 g/mol. The molecule has 1 fully saturated rings. The highest BCUT2D eigenvalue weighted by Gasteiger charge is 2.44. The summed E-state index contributed by atoms with van der Waals surface area (Å²) in [6.45, 7) is 7.65. The van der Waals surface area contributed by atoms with E-state index in [0.29, 0.717) is 28.6 Å². The Morgan fingerprint density at radius 2 is 1.90 bits per heavy atom. The molecule has 0 saturated carbocycles. The van der Waals surface area contributed by atoms with Crippen molar-refractivity contribution in [3.8, 4) is 5.75 Å². The van der Waals surface area contributed by atoms with Gasteiger partial charge in [0.05, 0.1) is 17.4 Å². The number of hydrogen-bond acceptors (Lipinski definition) is 5. The zero-order valence-electron chi connectivity index (χ0n) is 17.1. The highest BCUT2D eigenvalue weighted by Crippen LogP contribution is 2.40. The van der Waals surface area contributed by atoms with Gasteiger partial charge in [-0.2, -0.15) is 0 Å². The van der Waals surface area contributed by atoms with Gasteiger partial charge in [0.2, 0.25) is 0 Å². The number of para-hydroxylation sites is 2. The minimum atomic E-state index is -0.273. The summed E-state index contributed by atoms with van der Waals surface area (Å²) in [6.07, 6.45) is 2.11. The van der Waals surface area contributed by atoms with E-state index < -0.39 is 0 Å². The van der Waals surface area contributed by atoms with E-state index >= 15 is 0 Å². The van der Waals surface area contributed by atoms with Crippen LogP contribution in [0.25, 0.3) is 5.57 Å². The molecule has 0 N–H and O–H groups in total. The van der Waals surface area contributed by atoms with Gasteiger partial charge in [0.25, 0.3) is 11.8 Å². The van der Waals surface area contributed by atoms with Crippen LogP contribution >= 0.6 is 11.3 Å². The lowest BCUT2D eigenvalue weighted by atomic mass is 9.99. The number of anilines is 1. The predicted octanol–water partition coefficient (Wildman–Crippen LogP) is 4.55. The highest BCUT2D eigenvalue weighted by atomic mass is 32.1. The Bertz CT molecular complexity index is 949. The second-order valence-electron chi connectivity index (χ2n) is 7.97. The Labute approximate surface area is 175 Å². The third-order valence-electron chi connectivity index (χ3n) is 5.27. The lowest BCUT2D eigenvalue weighted by molar-refractivity contribution is -0.120. The fraction of sp³-hybridized carbons (Fsp3) is 0.391. The summed E-state index contributed by atoms with van der Waals surface area (Å²) in [4.78, 5) is 31.4. The molecule has 1 saturated heterocycles. The maximum atomic E-state index is 13.6. The number of carbonyl (C=O) groups excluding carboxylic acids is 2. The number of piperidine rings is 1. The molecule has 2 aliphatic rings. The zero-order valence-corrected chi connectivity index (χ0v) is 17.9. The van der Waals surface area contributed by atoms with Crippen LogP contribution in [-0.2, 0) is 9.59 Å². The molecule has 1 atom stereocenters. The van der Waals surface area contributed by atoms with Crippen molar-refractivity contribution in [3.63, 3.8) is 0 Å². The van der Waals surface area contributed by atoms with Crippen LogP contribution in [0.5, 0.6) is 5.75 Å². The maximum absolute atomic E-state index is 13.6. The van der Waals surface area contributed by atoms with Gasteiger partial charge in [0.15, 0.2) is 0 Å². The average Bonchev–Trinajstić information content (AvgIpc) is 3.28. The van der Waals surface area contributed by atoms with Gasteiger partial charge in [-0.15, -0.1) is 11.3 Å². The van der Waals surface area contributed by atoms with E-state index in [9.17, 15) is 9.59 Å². The minimum Gasteiger partial charge on any atom is -0.489 e. The number of nitrogens with zero attached hydrogens (tertiary/aromatic N) is 2. The molecule has 0 radical (unpaired) electrons. The molecule has 0 spiro atoms. The molecule has 2 amide bonds. The predicted molar refractivity (Wildman–Crippen MR) is 116 cm³/mol. The van der Waals surface area contributed by atoms with Gasteiger partial charge in [-0.25, -0.2) is 4.90 Å². The van der Waals surface area contributed by atoms with Crippen molar-refractivity contribution in [3.05, 3.63) is 52.4 Å². The first-order valence-electron chi connectivity index (χ1n) is 10.1. The molecule has 4 rings (SSSR count). The fourth-order valence-electron chi connectivity index (χ4n) is 4.06. The molecular weight excluding hydrogens is 384 g/mol. The number of imide groups is 1. The quantitative estimate of drug-likeness (QED) is 0.679. The van der Waals surface area contributed by atoms with Crippen LogP contribution in [0.1, 0.15) is 38.5 Å². The summed E-state index contributed by atoms with van der Waals surface area (Å²) in [5.41, 5.74) is 1.55. The summed E-state index contributed by atoms with van der Waals surface area (Å²) in [7, 11) is 0. The van der Waals surface area contributed by atoms with E-state index in [0.717, 1.165) is 30.8 Å². The Hall–Kier alpha value is -2.60. The normalized spacial score (nSPS) is 20.2. The van der Waals surface area contributed by atoms with Crippen molar-refractivity contribution in [1.29, 1.82) is 0 Å². The molecule has 1 aromatic heterocycles. The first kappa shape index (κ1) is 19.7. The summed E-state index contributed by atoms with van der Waals surface area (Å²) in [6, 6.07) is 11.1. The van der Waals surface area contributed by atoms with E-state index in [4.69, 9.17) is 4.74 Å². The van der Waals surface area contributed by atoms with Crippen molar-refractivity contribution < 1.29 is 14.3 Å². The number of thiophene rings is 1. The average molecular weight is 411 g/mol. The Balaban J connectivity index is 1.80. The van der Waals surface area contributed by atoms with Gasteiger partial charge in [0.1, 0.15) is 11.4 Å². The number of ether oxygens (including phenoxy) is 1. The van der Waals surface area contributed by atoms with Gasteiger partial charge >= 0.3 is 0 Å². The van der Waals surface area contributed by atoms with Crippen molar-refractivity contribution in [1.82, 2.24) is 4.90 Å². The first-order valence-corrected chi connectivity index (χ1v) is 11.0. The molecule has 152 valence electrons. The molecule has 3 heterocycles. The van der Waals surface area contributed by atoms with Crippen LogP contribution in [0.3, 0.4) is 0 Å². The van der Waals surface area contributed by atoms with E-state index in [2.05, 4.69) is 11.8 Å². The van der Waals surface area contributed by atoms with Crippen LogP contribution in [0.2, 0.25) is 0 Å². The van der Waals surface area contributed by atoms with Crippen LogP contribution in [0, 0.1) is 5.92 Å². The first-order chi connectivity index (χ1) is 14.0. The molecule has 1 aromatic carbocycles. The van der Waals surface area contributed by atoms with E-state index in [-0.39, 0.29) is 17.9 Å². The SMILES string of the molecule is CC1CCCN(C2=C(c3cccs3)C(=O)N(c3ccccc3OC(C)C)C2=O)C1. The summed E-state index contributed by atoms with van der Waals surface area (Å²) >= 11 is 1.49. The fourth-order valence-corrected chi connectivity index (χ4v) is 4.82. The number of rotatable bonds is 5. The number of likely N-dealkylation sites (tertiary alicyclic amines) is 1. The third-order valence-corrected chi connectivity index (χ3v) is 6.16. The molecular formula is C23H26N2O3S. The maximum Gasteiger partial charge on any atom is 0.282 e. The van der Waals surface area contributed by atoms with Crippen LogP contribution in [0.4, 0.5) is 5.69 Å². The van der Waals surface area contributed by atoms with Crippen molar-refractivity contribution in [2.75, 3.05) is 18.0 Å². The van der Waals surface area contributed by atoms with Crippen molar-refractivity contribution in [2.24, 2.45) is 5.92 Å². The Kier molecular flexibility index (Phi) is 5.46. The lowest BCUT2D eigenvalue weighted by Crippen LogP contribution is -2.39. The number of hydrogen-bond donors (Lipinski definition) is 0. The topological polar surface area (TPSA) is 49.9 Å². The molecule has 6 heteroatoms. The van der Waals surface area contributed by atoms with Crippen LogP contribution in [0.15, 0.2) is 47.5 Å². The van der Waals surface area contributed by atoms with Crippen molar-refractivity contribution >= 4 is 34.4 Å². The highest BCUT2D eigenvalue weighted by molar-refractivity contribution is 7.11. The van der Waals surface area contributed by atoms with Gasteiger partial charge in [-0.1, -0.05) is 25.1 Å². The minimum absolute atomic E-state index is 0.0592. The summed E-state index contributed by atoms with van der Waals surface area (Å²) < 4.78 is 5.90. The van der Waals surface area contributed by atoms with Crippen LogP contribution < -0.4 is 9.64 Å². The second kappa shape index (κ2) is 8.03. The molecule has 5 nitrogen and oxygen atoms in total. The molecule has 0 aliphatic carbocycles. The Morgan fingerprint density at radius 3 is 2.59 bits per heavy atom. The van der Waals surface area contributed by atoms with E-state index in [1.807, 2.05) is 49.6 Å². The molecule has 0 bridgehead atoms. The van der Waals surface area contributed by atoms with Crippen LogP contribution in [-0.4, -0.2) is 35.9 Å². The lowest BCUT2D eigenvalue weighted by Gasteiger charge is -2.33. The summed E-state index contributed by atoms with van der Waals surface area (Å²) in [5.74, 6) is 0.509. The van der Waals surface area contributed by atoms with Gasteiger partial charge in [-0.3, -0.25) is 9.59 Å². The van der Waals surface area contributed by atoms with Gasteiger partial charge in [0, 0.05) is 18.0 Å². The zero-order chi connectivity index (χ0) is 20.5. The standard InChI is InChI=1S/C23H26N2O3S/c1-15(2)28-18-10-5-4-9-17(18)25-22(26)20(19-11-7-13-29-19)21(23(25)27)24-12-6-8-16(3)14-24/h4-5,7,9-11,13,15-16H,6,8,12,14H2,1-3H3. The molecule has 2 aromatic rings. The van der Waals surface area contributed by atoms with E-state index in [1.165, 1.54) is 16.2 Å². The van der Waals surface area contributed by atoms with Gasteiger partial charge < -0.3 is 9.64 Å². The van der Waals surface area contributed by atoms with Gasteiger partial charge in [-0.05, 0) is 56.2 Å². The molecule has 1 unspecified atom stereocenters. The Morgan fingerprint density at radius 1 is 1.10 bits per heavy atom. The second-order valence-corrected chi connectivity index (χ2v) is 8.92. The third kappa shape index (κ3) is 3.69. The number of carbonyl (C=O) groups is 2. The van der Waals surface area contributed by atoms with E-state index in [1.54, 1.807) is 6.07 Å². The summed E-state index contributed by atoms with van der Waals surface area (Å²) in [5, 5.41) is 1.94. The largest absolute Gasteiger partial charge is 0.489 e. The number of amides is 2. The van der Waals surface area contributed by atoms with Crippen molar-refractivity contribution in [2.45, 2.75) is 39.7 Å². The number of benzene rings is 1. The smallest absolute Gasteiger partial charge is 0.282 e. The molecule has 29 heavy (non-hydrogen) atoms.